The Morgan fingerprint density at radius 3 is 2.76 bits per heavy atom. The van der Waals surface area contributed by atoms with E-state index < -0.39 is 0 Å². The van der Waals surface area contributed by atoms with Crippen molar-refractivity contribution in [3.05, 3.63) is 35.0 Å². The smallest absolute Gasteiger partial charge is 0.270 e. The second kappa shape index (κ2) is 6.10. The van der Waals surface area contributed by atoms with Crippen molar-refractivity contribution in [2.75, 3.05) is 6.54 Å². The molecule has 2 aromatic rings. The van der Waals surface area contributed by atoms with Gasteiger partial charge in [0, 0.05) is 28.5 Å². The first-order chi connectivity index (χ1) is 10.2. The van der Waals surface area contributed by atoms with Crippen molar-refractivity contribution >= 4 is 28.4 Å². The van der Waals surface area contributed by atoms with Crippen LogP contribution in [0.3, 0.4) is 0 Å². The Hall–Kier alpha value is -1.48. The summed E-state index contributed by atoms with van der Waals surface area (Å²) >= 11 is 6.00. The lowest BCUT2D eigenvalue weighted by Crippen LogP contribution is -2.41. The van der Waals surface area contributed by atoms with Gasteiger partial charge in [-0.15, -0.1) is 0 Å². The molecule has 3 nitrogen and oxygen atoms in total. The van der Waals surface area contributed by atoms with Gasteiger partial charge in [-0.2, -0.15) is 0 Å². The number of rotatable bonds is 3. The van der Waals surface area contributed by atoms with Crippen molar-refractivity contribution in [1.29, 1.82) is 0 Å². The third-order valence-corrected chi connectivity index (χ3v) is 4.67. The van der Waals surface area contributed by atoms with Crippen LogP contribution >= 0.6 is 11.6 Å². The van der Waals surface area contributed by atoms with Crippen LogP contribution in [0.15, 0.2) is 24.3 Å². The Balaban J connectivity index is 1.86. The number of hydrogen-bond donors (Lipinski definition) is 1. The molecule has 1 amide bonds. The lowest BCUT2D eigenvalue weighted by molar-refractivity contribution is 0.0643. The molecule has 21 heavy (non-hydrogen) atoms. The van der Waals surface area contributed by atoms with Crippen molar-refractivity contribution < 1.29 is 4.79 Å². The SMILES string of the molecule is CCN(C(=O)c1cc2ccc(Cl)cc2[nH]1)C1CCCCC1. The number of halogens is 1. The van der Waals surface area contributed by atoms with E-state index in [4.69, 9.17) is 11.6 Å². The van der Waals surface area contributed by atoms with Crippen LogP contribution in [-0.4, -0.2) is 28.4 Å². The molecule has 1 heterocycles. The molecule has 1 aliphatic carbocycles. The maximum atomic E-state index is 12.8. The van der Waals surface area contributed by atoms with Crippen LogP contribution in [0.25, 0.3) is 10.9 Å². The van der Waals surface area contributed by atoms with E-state index in [0.29, 0.717) is 16.8 Å². The van der Waals surface area contributed by atoms with E-state index >= 15 is 0 Å². The normalized spacial score (nSPS) is 16.3. The summed E-state index contributed by atoms with van der Waals surface area (Å²) in [7, 11) is 0. The van der Waals surface area contributed by atoms with Crippen molar-refractivity contribution in [3.8, 4) is 0 Å². The maximum absolute atomic E-state index is 12.8. The van der Waals surface area contributed by atoms with Gasteiger partial charge in [0.1, 0.15) is 5.69 Å². The lowest BCUT2D eigenvalue weighted by atomic mass is 9.94. The third kappa shape index (κ3) is 2.93. The fourth-order valence-electron chi connectivity index (χ4n) is 3.33. The number of fused-ring (bicyclic) bond motifs is 1. The second-order valence-corrected chi connectivity index (χ2v) is 6.23. The first-order valence-electron chi connectivity index (χ1n) is 7.78. The minimum Gasteiger partial charge on any atom is -0.350 e. The van der Waals surface area contributed by atoms with E-state index in [2.05, 4.69) is 11.9 Å². The minimum absolute atomic E-state index is 0.108. The Bertz CT molecular complexity index is 643. The number of benzene rings is 1. The molecule has 0 bridgehead atoms. The first-order valence-corrected chi connectivity index (χ1v) is 8.16. The predicted molar refractivity (Wildman–Crippen MR) is 86.9 cm³/mol. The first kappa shape index (κ1) is 14.5. The number of carbonyl (C=O) groups is 1. The zero-order chi connectivity index (χ0) is 14.8. The van der Waals surface area contributed by atoms with Crippen molar-refractivity contribution in [3.63, 3.8) is 0 Å². The highest BCUT2D eigenvalue weighted by atomic mass is 35.5. The molecule has 112 valence electrons. The van der Waals surface area contributed by atoms with Gasteiger partial charge < -0.3 is 9.88 Å². The molecular weight excluding hydrogens is 284 g/mol. The molecule has 0 saturated heterocycles. The van der Waals surface area contributed by atoms with Gasteiger partial charge in [0.25, 0.3) is 5.91 Å². The number of hydrogen-bond acceptors (Lipinski definition) is 1. The second-order valence-electron chi connectivity index (χ2n) is 5.80. The summed E-state index contributed by atoms with van der Waals surface area (Å²) in [5, 5.41) is 1.71. The Kier molecular flexibility index (Phi) is 4.20. The van der Waals surface area contributed by atoms with E-state index in [0.717, 1.165) is 30.3 Å². The minimum atomic E-state index is 0.108. The largest absolute Gasteiger partial charge is 0.350 e. The molecule has 0 atom stereocenters. The molecule has 4 heteroatoms. The van der Waals surface area contributed by atoms with E-state index in [-0.39, 0.29) is 5.91 Å². The zero-order valence-electron chi connectivity index (χ0n) is 12.4. The highest BCUT2D eigenvalue weighted by Crippen LogP contribution is 2.25. The standard InChI is InChI=1S/C17H21ClN2O/c1-2-20(14-6-4-3-5-7-14)17(21)16-10-12-8-9-13(18)11-15(12)19-16/h8-11,14,19H,2-7H2,1H3. The van der Waals surface area contributed by atoms with Gasteiger partial charge in [0.15, 0.2) is 0 Å². The van der Waals surface area contributed by atoms with Crippen molar-refractivity contribution in [2.24, 2.45) is 0 Å². The third-order valence-electron chi connectivity index (χ3n) is 4.43. The quantitative estimate of drug-likeness (QED) is 0.882. The van der Waals surface area contributed by atoms with Crippen LogP contribution in [-0.2, 0) is 0 Å². The number of amides is 1. The molecule has 0 aliphatic heterocycles. The molecule has 1 aromatic heterocycles. The summed E-state index contributed by atoms with van der Waals surface area (Å²) in [5.74, 6) is 0.108. The molecule has 0 spiro atoms. The van der Waals surface area contributed by atoms with Gasteiger partial charge in [-0.1, -0.05) is 36.9 Å². The highest BCUT2D eigenvalue weighted by Gasteiger charge is 2.25. The van der Waals surface area contributed by atoms with Crippen molar-refractivity contribution in [2.45, 2.75) is 45.1 Å². The van der Waals surface area contributed by atoms with Gasteiger partial charge in [-0.25, -0.2) is 0 Å². The fraction of sp³-hybridized carbons (Fsp3) is 0.471. The number of H-pyrrole nitrogens is 1. The number of nitrogens with one attached hydrogen (secondary N) is 1. The summed E-state index contributed by atoms with van der Waals surface area (Å²) in [5.41, 5.74) is 1.59. The summed E-state index contributed by atoms with van der Waals surface area (Å²) in [4.78, 5) is 18.0. The van der Waals surface area contributed by atoms with Crippen molar-refractivity contribution in [1.82, 2.24) is 9.88 Å². The topological polar surface area (TPSA) is 36.1 Å². The van der Waals surface area contributed by atoms with E-state index in [1.54, 1.807) is 0 Å². The predicted octanol–water partition coefficient (Wildman–Crippen LogP) is 4.62. The summed E-state index contributed by atoms with van der Waals surface area (Å²) in [6, 6.07) is 7.99. The average molecular weight is 305 g/mol. The molecule has 0 unspecified atom stereocenters. The van der Waals surface area contributed by atoms with Crippen LogP contribution < -0.4 is 0 Å². The maximum Gasteiger partial charge on any atom is 0.270 e. The molecule has 1 aliphatic rings. The summed E-state index contributed by atoms with van der Waals surface area (Å²) < 4.78 is 0. The van der Waals surface area contributed by atoms with E-state index in [9.17, 15) is 4.79 Å². The van der Waals surface area contributed by atoms with E-state index in [1.807, 2.05) is 29.2 Å². The number of carbonyl (C=O) groups excluding carboxylic acids is 1. The molecule has 1 fully saturated rings. The number of aromatic nitrogens is 1. The zero-order valence-corrected chi connectivity index (χ0v) is 13.1. The van der Waals surface area contributed by atoms with Crippen LogP contribution in [0.4, 0.5) is 0 Å². The molecule has 3 rings (SSSR count). The fourth-order valence-corrected chi connectivity index (χ4v) is 3.50. The number of nitrogens with zero attached hydrogens (tertiary/aromatic N) is 1. The van der Waals surface area contributed by atoms with Crippen LogP contribution in [0.2, 0.25) is 5.02 Å². The summed E-state index contributed by atoms with van der Waals surface area (Å²) in [6.07, 6.45) is 6.03. The molecule has 1 saturated carbocycles. The monoisotopic (exact) mass is 304 g/mol. The number of aromatic amines is 1. The van der Waals surface area contributed by atoms with Crippen LogP contribution in [0.5, 0.6) is 0 Å². The van der Waals surface area contributed by atoms with Gasteiger partial charge in [0.05, 0.1) is 0 Å². The van der Waals surface area contributed by atoms with Crippen LogP contribution in [0, 0.1) is 0 Å². The Morgan fingerprint density at radius 1 is 1.29 bits per heavy atom. The van der Waals surface area contributed by atoms with E-state index in [1.165, 1.54) is 19.3 Å². The van der Waals surface area contributed by atoms with Gasteiger partial charge in [-0.05, 0) is 38.0 Å². The molecular formula is C17H21ClN2O. The molecule has 1 N–H and O–H groups in total. The van der Waals surface area contributed by atoms with Crippen LogP contribution in [0.1, 0.15) is 49.5 Å². The van der Waals surface area contributed by atoms with Gasteiger partial charge in [0.2, 0.25) is 0 Å². The highest BCUT2D eigenvalue weighted by molar-refractivity contribution is 6.31. The summed E-state index contributed by atoms with van der Waals surface area (Å²) in [6.45, 7) is 2.83. The molecule has 0 radical (unpaired) electrons. The average Bonchev–Trinajstić information content (AvgIpc) is 2.92. The lowest BCUT2D eigenvalue weighted by Gasteiger charge is -2.33. The van der Waals surface area contributed by atoms with Gasteiger partial charge in [-0.3, -0.25) is 4.79 Å². The van der Waals surface area contributed by atoms with Gasteiger partial charge >= 0.3 is 0 Å². The Morgan fingerprint density at radius 2 is 2.05 bits per heavy atom. The Labute approximate surface area is 130 Å². The molecule has 1 aromatic carbocycles.